The molecule has 0 unspecified atom stereocenters. The minimum atomic E-state index is -0.245. The van der Waals surface area contributed by atoms with Crippen molar-refractivity contribution in [3.05, 3.63) is 12.7 Å². The van der Waals surface area contributed by atoms with E-state index >= 15 is 0 Å². The quantitative estimate of drug-likeness (QED) is 0.586. The van der Waals surface area contributed by atoms with Crippen LogP contribution in [0.1, 0.15) is 27.7 Å². The monoisotopic (exact) mass is 252 g/mol. The molecule has 0 aliphatic heterocycles. The van der Waals surface area contributed by atoms with Gasteiger partial charge in [-0.25, -0.2) is 0 Å². The Labute approximate surface area is 105 Å². The van der Waals surface area contributed by atoms with E-state index in [-0.39, 0.29) is 19.2 Å². The van der Waals surface area contributed by atoms with E-state index in [0.717, 1.165) is 13.2 Å². The summed E-state index contributed by atoms with van der Waals surface area (Å²) < 4.78 is 8.94. The van der Waals surface area contributed by atoms with E-state index in [9.17, 15) is 4.79 Å². The number of methoxy groups -OCH3 is 1. The maximum absolute atomic E-state index is 9.59. The van der Waals surface area contributed by atoms with Crippen LogP contribution >= 0.6 is 0 Å². The molecule has 17 heavy (non-hydrogen) atoms. The molecular formula is C12H28O5. The van der Waals surface area contributed by atoms with Gasteiger partial charge in [0.25, 0.3) is 0 Å². The van der Waals surface area contributed by atoms with E-state index < -0.39 is 0 Å². The van der Waals surface area contributed by atoms with E-state index in [1.807, 2.05) is 20.8 Å². The fourth-order valence-corrected chi connectivity index (χ4v) is 0.204. The highest BCUT2D eigenvalue weighted by molar-refractivity contribution is 5.65. The van der Waals surface area contributed by atoms with Crippen LogP contribution in [0.5, 0.6) is 0 Å². The zero-order chi connectivity index (χ0) is 14.5. The molecule has 106 valence electrons. The van der Waals surface area contributed by atoms with E-state index in [1.165, 1.54) is 14.0 Å². The first kappa shape index (κ1) is 25.1. The van der Waals surface area contributed by atoms with Gasteiger partial charge in [-0.2, -0.15) is 0 Å². The molecule has 0 amide bonds. The van der Waals surface area contributed by atoms with Gasteiger partial charge in [0.15, 0.2) is 0 Å². The van der Waals surface area contributed by atoms with Crippen molar-refractivity contribution >= 4 is 5.97 Å². The third-order valence-electron chi connectivity index (χ3n) is 0.796. The molecule has 5 nitrogen and oxygen atoms in total. The summed E-state index contributed by atoms with van der Waals surface area (Å²) in [5.74, 6) is -0.245. The molecular weight excluding hydrogens is 224 g/mol. The Morgan fingerprint density at radius 1 is 1.24 bits per heavy atom. The van der Waals surface area contributed by atoms with Crippen molar-refractivity contribution in [2.45, 2.75) is 27.7 Å². The van der Waals surface area contributed by atoms with E-state index in [0.29, 0.717) is 0 Å². The van der Waals surface area contributed by atoms with Crippen LogP contribution < -0.4 is 0 Å². The largest absolute Gasteiger partial charge is 0.469 e. The van der Waals surface area contributed by atoms with Gasteiger partial charge in [0.2, 0.25) is 0 Å². The minimum absolute atomic E-state index is 0.125. The Bertz CT molecular complexity index is 122. The van der Waals surface area contributed by atoms with Gasteiger partial charge in [0, 0.05) is 20.1 Å². The van der Waals surface area contributed by atoms with Crippen LogP contribution in [0.4, 0.5) is 0 Å². The zero-order valence-corrected chi connectivity index (χ0v) is 11.7. The maximum atomic E-state index is 9.59. The first-order valence-electron chi connectivity index (χ1n) is 5.43. The third-order valence-corrected chi connectivity index (χ3v) is 0.796. The van der Waals surface area contributed by atoms with E-state index in [4.69, 9.17) is 14.9 Å². The van der Waals surface area contributed by atoms with Crippen molar-refractivity contribution in [3.8, 4) is 0 Å². The Hall–Kier alpha value is -0.910. The lowest BCUT2D eigenvalue weighted by molar-refractivity contribution is -0.137. The van der Waals surface area contributed by atoms with Gasteiger partial charge >= 0.3 is 5.97 Å². The highest BCUT2D eigenvalue weighted by atomic mass is 16.5. The highest BCUT2D eigenvalue weighted by Crippen LogP contribution is 1.64. The van der Waals surface area contributed by atoms with Crippen molar-refractivity contribution in [1.29, 1.82) is 0 Å². The number of hydrogen-bond acceptors (Lipinski definition) is 5. The summed E-state index contributed by atoms with van der Waals surface area (Å²) in [6.45, 7) is 12.0. The standard InChI is InChI=1S/C4H10O.C3H6O2.C3H6.C2H6O2/c1-3-5-4-2;1-3(4)5-2;1-3-2;3-1-2-4/h3-4H2,1-2H3;1-2H3;3H,1H2,2H3;3-4H,1-2H2. The molecule has 0 bridgehead atoms. The fraction of sp³-hybridized carbons (Fsp3) is 0.750. The maximum Gasteiger partial charge on any atom is 0.302 e. The molecule has 0 atom stereocenters. The minimum Gasteiger partial charge on any atom is -0.469 e. The molecule has 0 aromatic rings. The number of allylic oxidation sites excluding steroid dienone is 1. The number of aliphatic hydroxyl groups is 2. The molecule has 0 heterocycles. The van der Waals surface area contributed by atoms with Gasteiger partial charge in [-0.05, 0) is 20.8 Å². The van der Waals surface area contributed by atoms with E-state index in [2.05, 4.69) is 11.3 Å². The van der Waals surface area contributed by atoms with Gasteiger partial charge in [-0.1, -0.05) is 6.08 Å². The number of carbonyl (C=O) groups is 1. The summed E-state index contributed by atoms with van der Waals surface area (Å²) in [6.07, 6.45) is 1.75. The topological polar surface area (TPSA) is 76.0 Å². The normalized spacial score (nSPS) is 7.00. The van der Waals surface area contributed by atoms with Gasteiger partial charge in [-0.15, -0.1) is 6.58 Å². The highest BCUT2D eigenvalue weighted by Gasteiger charge is 1.75. The van der Waals surface area contributed by atoms with Crippen LogP contribution in [0, 0.1) is 0 Å². The smallest absolute Gasteiger partial charge is 0.302 e. The molecule has 0 rings (SSSR count). The SMILES string of the molecule is C=CC.CCOCC.COC(C)=O.OCCO. The second kappa shape index (κ2) is 36.3. The second-order valence-electron chi connectivity index (χ2n) is 2.33. The second-order valence-corrected chi connectivity index (χ2v) is 2.33. The summed E-state index contributed by atoms with van der Waals surface area (Å²) in [7, 11) is 1.35. The first-order chi connectivity index (χ1) is 8.01. The predicted octanol–water partition coefficient (Wildman–Crippen LogP) is 1.39. The van der Waals surface area contributed by atoms with Gasteiger partial charge in [0.1, 0.15) is 0 Å². The molecule has 0 saturated carbocycles. The average molecular weight is 252 g/mol. The van der Waals surface area contributed by atoms with Crippen LogP contribution in [-0.2, 0) is 14.3 Å². The fourth-order valence-electron chi connectivity index (χ4n) is 0.204. The van der Waals surface area contributed by atoms with Crippen molar-refractivity contribution in [3.63, 3.8) is 0 Å². The Kier molecular flexibility index (Phi) is 53.5. The van der Waals surface area contributed by atoms with Crippen molar-refractivity contribution < 1.29 is 24.5 Å². The Balaban J connectivity index is -0.0000000676. The molecule has 0 spiro atoms. The lowest BCUT2D eigenvalue weighted by Gasteiger charge is -1.86. The van der Waals surface area contributed by atoms with Gasteiger partial charge in [0.05, 0.1) is 20.3 Å². The van der Waals surface area contributed by atoms with Gasteiger partial charge < -0.3 is 19.7 Å². The van der Waals surface area contributed by atoms with Crippen molar-refractivity contribution in [2.24, 2.45) is 0 Å². The molecule has 5 heteroatoms. The van der Waals surface area contributed by atoms with Crippen LogP contribution in [0.25, 0.3) is 0 Å². The van der Waals surface area contributed by atoms with Crippen LogP contribution in [0.15, 0.2) is 12.7 Å². The predicted molar refractivity (Wildman–Crippen MR) is 69.9 cm³/mol. The summed E-state index contributed by atoms with van der Waals surface area (Å²) >= 11 is 0. The molecule has 2 N–H and O–H groups in total. The Morgan fingerprint density at radius 2 is 1.47 bits per heavy atom. The molecule has 0 aliphatic carbocycles. The first-order valence-corrected chi connectivity index (χ1v) is 5.43. The van der Waals surface area contributed by atoms with Crippen molar-refractivity contribution in [2.75, 3.05) is 33.5 Å². The molecule has 0 aromatic heterocycles. The molecule has 0 fully saturated rings. The molecule has 0 saturated heterocycles. The van der Waals surface area contributed by atoms with Gasteiger partial charge in [-0.3, -0.25) is 4.79 Å². The number of aliphatic hydroxyl groups excluding tert-OH is 2. The summed E-state index contributed by atoms with van der Waals surface area (Å²) in [5, 5.41) is 15.2. The lowest BCUT2D eigenvalue weighted by atomic mass is 10.8. The summed E-state index contributed by atoms with van der Waals surface area (Å²) in [6, 6.07) is 0. The molecule has 0 aliphatic rings. The average Bonchev–Trinajstić information content (AvgIpc) is 2.32. The van der Waals surface area contributed by atoms with Crippen LogP contribution in [-0.4, -0.2) is 49.7 Å². The summed E-state index contributed by atoms with van der Waals surface area (Å²) in [4.78, 5) is 9.59. The zero-order valence-electron chi connectivity index (χ0n) is 11.7. The number of carbonyl (C=O) groups excluding carboxylic acids is 1. The number of esters is 1. The summed E-state index contributed by atoms with van der Waals surface area (Å²) in [5.41, 5.74) is 0. The molecule has 0 aromatic carbocycles. The molecule has 0 radical (unpaired) electrons. The Morgan fingerprint density at radius 3 is 1.47 bits per heavy atom. The van der Waals surface area contributed by atoms with Crippen LogP contribution in [0.2, 0.25) is 0 Å². The van der Waals surface area contributed by atoms with Crippen LogP contribution in [0.3, 0.4) is 0 Å². The lowest BCUT2D eigenvalue weighted by Crippen LogP contribution is -1.88. The number of ether oxygens (including phenoxy) is 2. The van der Waals surface area contributed by atoms with E-state index in [1.54, 1.807) is 6.08 Å². The van der Waals surface area contributed by atoms with Crippen molar-refractivity contribution in [1.82, 2.24) is 0 Å². The number of rotatable bonds is 3. The third kappa shape index (κ3) is 155. The number of hydrogen-bond donors (Lipinski definition) is 2.